The van der Waals surface area contributed by atoms with Gasteiger partial charge in [-0.2, -0.15) is 0 Å². The van der Waals surface area contributed by atoms with Crippen molar-refractivity contribution in [2.24, 2.45) is 0 Å². The van der Waals surface area contributed by atoms with E-state index in [2.05, 4.69) is 22.1 Å². The zero-order chi connectivity index (χ0) is 24.8. The third-order valence-corrected chi connectivity index (χ3v) is 7.06. The number of aromatic nitrogens is 3. The van der Waals surface area contributed by atoms with Crippen molar-refractivity contribution in [2.75, 3.05) is 18.2 Å². The summed E-state index contributed by atoms with van der Waals surface area (Å²) in [6, 6.07) is 7.63. The fourth-order valence-electron chi connectivity index (χ4n) is 3.26. The van der Waals surface area contributed by atoms with Crippen LogP contribution >= 0.6 is 23.1 Å². The van der Waals surface area contributed by atoms with Gasteiger partial charge in [0.2, 0.25) is 5.91 Å². The molecule has 1 unspecified atom stereocenters. The second kappa shape index (κ2) is 11.3. The molecule has 3 aromatic rings. The Bertz CT molecular complexity index is 1200. The maximum Gasteiger partial charge on any atom is 0.340 e. The number of allylic oxidation sites excluding steroid dienone is 1. The highest BCUT2D eigenvalue weighted by atomic mass is 32.2. The number of esters is 1. The van der Waals surface area contributed by atoms with E-state index in [0.717, 1.165) is 21.8 Å². The Hall–Kier alpha value is -3.11. The molecule has 1 aromatic carbocycles. The number of rotatable bonds is 10. The Morgan fingerprint density at radius 2 is 2.06 bits per heavy atom. The SMILES string of the molecule is C=CCn1c(SCC(=O)Nc2sc(C)cc2C(=O)OC)nnc1C(C)Oc1cccc(C)c1C. The Labute approximate surface area is 207 Å². The lowest BCUT2D eigenvalue weighted by molar-refractivity contribution is -0.113. The lowest BCUT2D eigenvalue weighted by Gasteiger charge is -2.18. The number of ether oxygens (including phenoxy) is 2. The number of benzene rings is 1. The summed E-state index contributed by atoms with van der Waals surface area (Å²) in [6.07, 6.45) is 1.39. The molecule has 0 saturated heterocycles. The quantitative estimate of drug-likeness (QED) is 0.235. The molecular formula is C24H28N4O4S2. The first-order valence-corrected chi connectivity index (χ1v) is 12.4. The number of thiophene rings is 1. The molecule has 1 amide bonds. The first-order chi connectivity index (χ1) is 16.2. The van der Waals surface area contributed by atoms with Crippen LogP contribution in [0.5, 0.6) is 5.75 Å². The van der Waals surface area contributed by atoms with Crippen LogP contribution in [-0.4, -0.2) is 39.5 Å². The summed E-state index contributed by atoms with van der Waals surface area (Å²) >= 11 is 2.58. The lowest BCUT2D eigenvalue weighted by Crippen LogP contribution is -2.16. The van der Waals surface area contributed by atoms with Gasteiger partial charge in [0.15, 0.2) is 17.1 Å². The van der Waals surface area contributed by atoms with Gasteiger partial charge in [0.25, 0.3) is 0 Å². The van der Waals surface area contributed by atoms with Crippen molar-refractivity contribution < 1.29 is 19.1 Å². The molecule has 1 N–H and O–H groups in total. The number of hydrogen-bond acceptors (Lipinski definition) is 8. The van der Waals surface area contributed by atoms with Crippen LogP contribution in [0.1, 0.15) is 45.2 Å². The number of carbonyl (C=O) groups is 2. The largest absolute Gasteiger partial charge is 0.482 e. The monoisotopic (exact) mass is 500 g/mol. The predicted octanol–water partition coefficient (Wildman–Crippen LogP) is 5.11. The van der Waals surface area contributed by atoms with Gasteiger partial charge in [-0.1, -0.05) is 30.0 Å². The fourth-order valence-corrected chi connectivity index (χ4v) is 4.94. The summed E-state index contributed by atoms with van der Waals surface area (Å²) in [5, 5.41) is 12.5. The fraction of sp³-hybridized carbons (Fsp3) is 0.333. The van der Waals surface area contributed by atoms with E-state index in [-0.39, 0.29) is 17.8 Å². The molecule has 0 aliphatic rings. The van der Waals surface area contributed by atoms with Crippen molar-refractivity contribution in [3.8, 4) is 5.75 Å². The number of hydrogen-bond donors (Lipinski definition) is 1. The maximum atomic E-state index is 12.6. The van der Waals surface area contributed by atoms with Crippen LogP contribution in [0.25, 0.3) is 0 Å². The molecule has 0 saturated carbocycles. The van der Waals surface area contributed by atoms with Gasteiger partial charge in [-0.3, -0.25) is 9.36 Å². The molecule has 0 radical (unpaired) electrons. The summed E-state index contributed by atoms with van der Waals surface area (Å²) in [4.78, 5) is 25.4. The summed E-state index contributed by atoms with van der Waals surface area (Å²) < 4.78 is 12.9. The molecule has 0 spiro atoms. The van der Waals surface area contributed by atoms with Crippen LogP contribution in [0.2, 0.25) is 0 Å². The zero-order valence-electron chi connectivity index (χ0n) is 19.9. The van der Waals surface area contributed by atoms with Crippen molar-refractivity contribution >= 4 is 40.0 Å². The second-order valence-corrected chi connectivity index (χ2v) is 9.83. The summed E-state index contributed by atoms with van der Waals surface area (Å²) in [7, 11) is 1.31. The normalized spacial score (nSPS) is 11.7. The van der Waals surface area contributed by atoms with Gasteiger partial charge in [-0.15, -0.1) is 28.1 Å². The van der Waals surface area contributed by atoms with Crippen LogP contribution in [-0.2, 0) is 16.1 Å². The molecule has 0 aliphatic carbocycles. The number of carbonyl (C=O) groups excluding carboxylic acids is 2. The van der Waals surface area contributed by atoms with E-state index in [1.165, 1.54) is 30.2 Å². The van der Waals surface area contributed by atoms with E-state index in [9.17, 15) is 9.59 Å². The highest BCUT2D eigenvalue weighted by Crippen LogP contribution is 2.30. The van der Waals surface area contributed by atoms with Crippen molar-refractivity contribution in [2.45, 2.75) is 45.5 Å². The smallest absolute Gasteiger partial charge is 0.340 e. The molecule has 2 aromatic heterocycles. The summed E-state index contributed by atoms with van der Waals surface area (Å²) in [5.41, 5.74) is 2.57. The number of thioether (sulfide) groups is 1. The minimum atomic E-state index is -0.486. The Kier molecular flexibility index (Phi) is 8.51. The molecule has 0 bridgehead atoms. The Morgan fingerprint density at radius 3 is 2.76 bits per heavy atom. The topological polar surface area (TPSA) is 95.3 Å². The Balaban J connectivity index is 1.71. The first kappa shape index (κ1) is 25.5. The molecule has 8 nitrogen and oxygen atoms in total. The van der Waals surface area contributed by atoms with Crippen LogP contribution < -0.4 is 10.1 Å². The number of nitrogens with one attached hydrogen (secondary N) is 1. The summed E-state index contributed by atoms with van der Waals surface area (Å²) in [5.74, 6) is 0.790. The number of anilines is 1. The van der Waals surface area contributed by atoms with Gasteiger partial charge in [0, 0.05) is 11.4 Å². The van der Waals surface area contributed by atoms with E-state index in [4.69, 9.17) is 9.47 Å². The number of amides is 1. The van der Waals surface area contributed by atoms with E-state index in [1.807, 2.05) is 50.5 Å². The standard InChI is InChI=1S/C24H28N4O4S2/c1-7-11-28-21(17(5)32-19-10-8-9-14(2)16(19)4)26-27-24(28)33-13-20(29)25-22-18(23(30)31-6)12-15(3)34-22/h7-10,12,17H,1,11,13H2,2-6H3,(H,25,29). The molecule has 0 fully saturated rings. The molecule has 0 aliphatic heterocycles. The average Bonchev–Trinajstić information content (AvgIpc) is 3.38. The molecule has 10 heteroatoms. The third-order valence-electron chi connectivity index (χ3n) is 5.13. The van der Waals surface area contributed by atoms with Crippen LogP contribution in [0, 0.1) is 20.8 Å². The number of nitrogens with zero attached hydrogens (tertiary/aromatic N) is 3. The maximum absolute atomic E-state index is 12.6. The van der Waals surface area contributed by atoms with Gasteiger partial charge in [0.1, 0.15) is 10.8 Å². The van der Waals surface area contributed by atoms with Gasteiger partial charge in [-0.25, -0.2) is 4.79 Å². The van der Waals surface area contributed by atoms with Crippen LogP contribution in [0.3, 0.4) is 0 Å². The molecule has 3 rings (SSSR count). The van der Waals surface area contributed by atoms with Gasteiger partial charge in [0.05, 0.1) is 18.4 Å². The van der Waals surface area contributed by atoms with Crippen molar-refractivity contribution in [1.82, 2.24) is 14.8 Å². The van der Waals surface area contributed by atoms with Crippen LogP contribution in [0.4, 0.5) is 5.00 Å². The van der Waals surface area contributed by atoms with Gasteiger partial charge in [-0.05, 0) is 51.0 Å². The van der Waals surface area contributed by atoms with Crippen LogP contribution in [0.15, 0.2) is 42.1 Å². The van der Waals surface area contributed by atoms with E-state index in [0.29, 0.717) is 28.1 Å². The minimum Gasteiger partial charge on any atom is -0.482 e. The van der Waals surface area contributed by atoms with Crippen molar-refractivity contribution in [1.29, 1.82) is 0 Å². The third kappa shape index (κ3) is 5.87. The zero-order valence-corrected chi connectivity index (χ0v) is 21.5. The molecule has 1 atom stereocenters. The van der Waals surface area contributed by atoms with E-state index < -0.39 is 5.97 Å². The first-order valence-electron chi connectivity index (χ1n) is 10.6. The van der Waals surface area contributed by atoms with Crippen molar-refractivity contribution in [3.05, 3.63) is 64.3 Å². The number of aryl methyl sites for hydroxylation is 2. The Morgan fingerprint density at radius 1 is 1.29 bits per heavy atom. The second-order valence-electron chi connectivity index (χ2n) is 7.63. The lowest BCUT2D eigenvalue weighted by atomic mass is 10.1. The highest BCUT2D eigenvalue weighted by Gasteiger charge is 2.22. The highest BCUT2D eigenvalue weighted by molar-refractivity contribution is 7.99. The predicted molar refractivity (Wildman–Crippen MR) is 135 cm³/mol. The molecule has 2 heterocycles. The van der Waals surface area contributed by atoms with E-state index in [1.54, 1.807) is 12.1 Å². The number of methoxy groups -OCH3 is 1. The van der Waals surface area contributed by atoms with Gasteiger partial charge >= 0.3 is 5.97 Å². The molecule has 34 heavy (non-hydrogen) atoms. The average molecular weight is 501 g/mol. The summed E-state index contributed by atoms with van der Waals surface area (Å²) in [6.45, 7) is 12.1. The van der Waals surface area contributed by atoms with E-state index >= 15 is 0 Å². The molecule has 180 valence electrons. The minimum absolute atomic E-state index is 0.0963. The van der Waals surface area contributed by atoms with Gasteiger partial charge < -0.3 is 14.8 Å². The molecular weight excluding hydrogens is 472 g/mol. The van der Waals surface area contributed by atoms with Crippen molar-refractivity contribution in [3.63, 3.8) is 0 Å².